The monoisotopic (exact) mass is 745 g/mol. The fourth-order valence-corrected chi connectivity index (χ4v) is 8.19. The second kappa shape index (κ2) is 13.9. The number of rotatable bonds is 9. The Morgan fingerprint density at radius 2 is 1.73 bits per heavy atom. The van der Waals surface area contributed by atoms with Crippen molar-refractivity contribution in [1.29, 1.82) is 0 Å². The van der Waals surface area contributed by atoms with E-state index in [-0.39, 0.29) is 30.1 Å². The Balaban J connectivity index is 0.795. The molecule has 3 N–H and O–H groups in total. The summed E-state index contributed by atoms with van der Waals surface area (Å²) in [5.41, 5.74) is 11.7. The van der Waals surface area contributed by atoms with E-state index in [0.29, 0.717) is 41.6 Å². The third-order valence-corrected chi connectivity index (χ3v) is 11.3. The number of likely N-dealkylation sites (tertiary alicyclic amines) is 1. The van der Waals surface area contributed by atoms with E-state index in [1.54, 1.807) is 29.6 Å². The first-order valence-corrected chi connectivity index (χ1v) is 18.6. The second-order valence-corrected chi connectivity index (χ2v) is 14.7. The minimum absolute atomic E-state index is 0.153. The number of carbonyl (C=O) groups is 3. The maximum atomic E-state index is 14.3. The van der Waals surface area contributed by atoms with E-state index in [1.165, 1.54) is 16.9 Å². The lowest BCUT2D eigenvalue weighted by atomic mass is 9.98. The van der Waals surface area contributed by atoms with Crippen LogP contribution in [0.3, 0.4) is 0 Å². The lowest BCUT2D eigenvalue weighted by molar-refractivity contribution is -0.136. The number of imide groups is 1. The first-order valence-electron chi connectivity index (χ1n) is 18.6. The van der Waals surface area contributed by atoms with Gasteiger partial charge in [-0.15, -0.1) is 0 Å². The molecule has 2 atom stereocenters. The summed E-state index contributed by atoms with van der Waals surface area (Å²) in [4.78, 5) is 49.5. The summed E-state index contributed by atoms with van der Waals surface area (Å²) in [6, 6.07) is 12.3. The average molecular weight is 746 g/mol. The first-order chi connectivity index (χ1) is 26.7. The summed E-state index contributed by atoms with van der Waals surface area (Å²) >= 11 is 0. The number of carbonyl (C=O) groups excluding carboxylic acids is 3. The topological polar surface area (TPSA) is 170 Å². The molecule has 0 aliphatic carbocycles. The highest BCUT2D eigenvalue weighted by Crippen LogP contribution is 2.36. The molecule has 7 heterocycles. The highest BCUT2D eigenvalue weighted by Gasteiger charge is 2.40. The normalized spacial score (nSPS) is 20.0. The maximum absolute atomic E-state index is 14.3. The van der Waals surface area contributed by atoms with Gasteiger partial charge in [-0.2, -0.15) is 20.1 Å². The van der Waals surface area contributed by atoms with Crippen LogP contribution in [0.2, 0.25) is 0 Å². The quantitative estimate of drug-likeness (QED) is 0.211. The number of nitrogen functional groups attached to an aromatic ring is 1. The van der Waals surface area contributed by atoms with Crippen LogP contribution < -0.4 is 20.7 Å². The average Bonchev–Trinajstić information content (AvgIpc) is 3.94. The fourth-order valence-electron chi connectivity index (χ4n) is 8.19. The number of amides is 3. The number of nitrogens with two attached hydrogens (primary N) is 1. The van der Waals surface area contributed by atoms with Crippen molar-refractivity contribution in [1.82, 2.24) is 44.9 Å². The molecule has 9 rings (SSSR count). The van der Waals surface area contributed by atoms with E-state index in [0.717, 1.165) is 61.4 Å². The number of fused-ring (bicyclic) bond motifs is 1. The molecule has 4 aliphatic heterocycles. The number of halogens is 1. The van der Waals surface area contributed by atoms with Crippen molar-refractivity contribution < 1.29 is 23.5 Å². The predicted octanol–water partition coefficient (Wildman–Crippen LogP) is 3.67. The lowest BCUT2D eigenvalue weighted by Gasteiger charge is -2.48. The Morgan fingerprint density at radius 1 is 0.927 bits per heavy atom. The summed E-state index contributed by atoms with van der Waals surface area (Å²) < 4.78 is 22.6. The Kier molecular flexibility index (Phi) is 8.76. The minimum Gasteiger partial charge on any atom is -0.482 e. The van der Waals surface area contributed by atoms with Gasteiger partial charge in [-0.3, -0.25) is 29.3 Å². The summed E-state index contributed by atoms with van der Waals surface area (Å²) in [5.74, 6) is -0.627. The minimum atomic E-state index is -0.613. The van der Waals surface area contributed by atoms with Crippen molar-refractivity contribution in [2.45, 2.75) is 63.4 Å². The van der Waals surface area contributed by atoms with E-state index >= 15 is 0 Å². The van der Waals surface area contributed by atoms with Gasteiger partial charge in [-0.1, -0.05) is 0 Å². The molecule has 3 aromatic heterocycles. The molecule has 4 aliphatic rings. The van der Waals surface area contributed by atoms with Crippen molar-refractivity contribution in [3.8, 4) is 22.6 Å². The molecule has 3 fully saturated rings. The van der Waals surface area contributed by atoms with Crippen LogP contribution in [0.25, 0.3) is 16.8 Å². The van der Waals surface area contributed by atoms with Crippen LogP contribution in [0, 0.1) is 5.82 Å². The smallest absolute Gasteiger partial charge is 0.255 e. The number of benzene rings is 2. The van der Waals surface area contributed by atoms with Gasteiger partial charge in [-0.05, 0) is 74.2 Å². The summed E-state index contributed by atoms with van der Waals surface area (Å²) in [7, 11) is 0. The van der Waals surface area contributed by atoms with Crippen LogP contribution in [0.15, 0.2) is 73.4 Å². The van der Waals surface area contributed by atoms with Gasteiger partial charge in [-0.25, -0.2) is 9.37 Å². The van der Waals surface area contributed by atoms with Crippen LogP contribution in [0.1, 0.15) is 66.2 Å². The number of hydrogen-bond acceptors (Lipinski definition) is 11. The predicted molar refractivity (Wildman–Crippen MR) is 199 cm³/mol. The second-order valence-electron chi connectivity index (χ2n) is 14.7. The maximum Gasteiger partial charge on any atom is 0.255 e. The summed E-state index contributed by atoms with van der Waals surface area (Å²) in [6.07, 6.45) is 10.7. The summed E-state index contributed by atoms with van der Waals surface area (Å²) in [5, 5.41) is 15.5. The van der Waals surface area contributed by atoms with E-state index in [4.69, 9.17) is 15.6 Å². The van der Waals surface area contributed by atoms with Crippen LogP contribution in [0.4, 0.5) is 15.9 Å². The van der Waals surface area contributed by atoms with Gasteiger partial charge in [0.05, 0.1) is 30.3 Å². The van der Waals surface area contributed by atoms with Crippen molar-refractivity contribution in [3.05, 3.63) is 96.0 Å². The van der Waals surface area contributed by atoms with E-state index < -0.39 is 23.9 Å². The van der Waals surface area contributed by atoms with E-state index in [2.05, 4.69) is 36.4 Å². The molecule has 282 valence electrons. The molecule has 3 saturated heterocycles. The molecule has 1 unspecified atom stereocenters. The zero-order chi connectivity index (χ0) is 37.8. The van der Waals surface area contributed by atoms with Crippen LogP contribution in [0.5, 0.6) is 5.75 Å². The standard InChI is InChI=1S/C39H40FN11O4/c1-23(32-16-27(40)2-5-33(32)51-43-10-11-44-51)55-35-15-24(17-42-37(35)41)26-18-45-50(20-26)28-8-12-47(13-9-28)30-21-48(22-30)29-3-4-31-25(14-29)19-49(39(31)54)34-6-7-36(52)46-38(34)53/h2-5,10-11,14-18,20,23,28,30,34H,6-9,12-13,19,21-22H2,1H3,(H2,41,42)(H,46,52,53)/t23-,34?/m1/s1. The highest BCUT2D eigenvalue weighted by molar-refractivity contribution is 6.05. The SMILES string of the molecule is C[C@@H](Oc1cc(-c2cnn(C3CCN(C4CN(c5ccc6c(c5)CN(C5CCC(=O)NC5=O)C6=O)C4)CC3)c2)cnc1N)c1cc(F)ccc1-n1nccn1. The molecular formula is C39H40FN11O4. The molecule has 15 nitrogen and oxygen atoms in total. The lowest BCUT2D eigenvalue weighted by Crippen LogP contribution is -2.61. The molecule has 55 heavy (non-hydrogen) atoms. The fraction of sp³-hybridized carbons (Fsp3) is 0.359. The Bertz CT molecular complexity index is 2280. The zero-order valence-electron chi connectivity index (χ0n) is 30.2. The van der Waals surface area contributed by atoms with Crippen molar-refractivity contribution >= 4 is 29.2 Å². The first kappa shape index (κ1) is 34.6. The van der Waals surface area contributed by atoms with Gasteiger partial charge in [0.1, 0.15) is 18.0 Å². The van der Waals surface area contributed by atoms with Gasteiger partial charge in [0, 0.05) is 85.5 Å². The van der Waals surface area contributed by atoms with Crippen molar-refractivity contribution in [3.63, 3.8) is 0 Å². The largest absolute Gasteiger partial charge is 0.482 e. The molecule has 0 spiro atoms. The number of anilines is 2. The van der Waals surface area contributed by atoms with Gasteiger partial charge < -0.3 is 20.3 Å². The van der Waals surface area contributed by atoms with E-state index in [9.17, 15) is 18.8 Å². The number of pyridine rings is 1. The molecule has 5 aromatic rings. The number of nitrogens with zero attached hydrogens (tertiary/aromatic N) is 9. The molecule has 0 bridgehead atoms. The third-order valence-electron chi connectivity index (χ3n) is 11.3. The van der Waals surface area contributed by atoms with Gasteiger partial charge in [0.25, 0.3) is 5.91 Å². The molecule has 3 amide bonds. The van der Waals surface area contributed by atoms with Crippen molar-refractivity contribution in [2.75, 3.05) is 36.8 Å². The highest BCUT2D eigenvalue weighted by atomic mass is 19.1. The number of piperidine rings is 2. The van der Waals surface area contributed by atoms with Gasteiger partial charge >= 0.3 is 0 Å². The Labute approximate surface area is 315 Å². The number of ether oxygens (including phenoxy) is 1. The van der Waals surface area contributed by atoms with Crippen LogP contribution in [-0.2, 0) is 16.1 Å². The molecule has 2 aromatic carbocycles. The molecule has 0 saturated carbocycles. The Morgan fingerprint density at radius 3 is 2.51 bits per heavy atom. The van der Waals surface area contributed by atoms with Crippen molar-refractivity contribution in [2.24, 2.45) is 0 Å². The van der Waals surface area contributed by atoms with Gasteiger partial charge in [0.15, 0.2) is 11.6 Å². The number of nitrogens with one attached hydrogen (secondary N) is 1. The summed E-state index contributed by atoms with van der Waals surface area (Å²) in [6.45, 7) is 5.94. The van der Waals surface area contributed by atoms with Gasteiger partial charge in [0.2, 0.25) is 11.8 Å². The molecule has 16 heteroatoms. The number of aromatic nitrogens is 6. The molecular weight excluding hydrogens is 705 g/mol. The molecule has 0 radical (unpaired) electrons. The van der Waals surface area contributed by atoms with Crippen LogP contribution in [-0.4, -0.2) is 95.5 Å². The van der Waals surface area contributed by atoms with E-state index in [1.807, 2.05) is 42.2 Å². The number of hydrogen-bond donors (Lipinski definition) is 2. The Hall–Kier alpha value is -6.16. The third kappa shape index (κ3) is 6.55. The zero-order valence-corrected chi connectivity index (χ0v) is 30.2. The van der Waals surface area contributed by atoms with Crippen LogP contribution >= 0.6 is 0 Å².